The standard InChI is InChI=1S/C21H28N4O3/c26-20(27)8-7-19(15-17-5-2-1-3-6-17)23-21(28)24-13-9-18(10-14-24)16-25-12-4-11-22-25/h1-6,11-12,18-19H,7-10,13-16H2,(H,23,28)(H,26,27). The predicted molar refractivity (Wildman–Crippen MR) is 106 cm³/mol. The van der Waals surface area contributed by atoms with Gasteiger partial charge in [-0.05, 0) is 43.2 Å². The second kappa shape index (κ2) is 9.92. The summed E-state index contributed by atoms with van der Waals surface area (Å²) < 4.78 is 1.95. The van der Waals surface area contributed by atoms with Gasteiger partial charge in [-0.15, -0.1) is 0 Å². The number of benzene rings is 1. The second-order valence-electron chi connectivity index (χ2n) is 7.43. The number of carboxylic acids is 1. The highest BCUT2D eigenvalue weighted by atomic mass is 16.4. The molecule has 0 spiro atoms. The van der Waals surface area contributed by atoms with Gasteiger partial charge in [-0.2, -0.15) is 5.10 Å². The largest absolute Gasteiger partial charge is 0.481 e. The maximum absolute atomic E-state index is 12.7. The quantitative estimate of drug-likeness (QED) is 0.733. The zero-order valence-electron chi connectivity index (χ0n) is 16.0. The molecule has 3 rings (SSSR count). The van der Waals surface area contributed by atoms with Crippen LogP contribution in [-0.4, -0.2) is 50.9 Å². The highest BCUT2D eigenvalue weighted by Crippen LogP contribution is 2.19. The minimum absolute atomic E-state index is 0.0454. The van der Waals surface area contributed by atoms with Gasteiger partial charge in [0, 0.05) is 44.5 Å². The normalized spacial score (nSPS) is 15.9. The Bertz CT molecular complexity index is 740. The maximum Gasteiger partial charge on any atom is 0.317 e. The Morgan fingerprint density at radius 1 is 1.18 bits per heavy atom. The molecule has 7 heteroatoms. The van der Waals surface area contributed by atoms with Crippen LogP contribution < -0.4 is 5.32 Å². The summed E-state index contributed by atoms with van der Waals surface area (Å²) in [4.78, 5) is 25.5. The Balaban J connectivity index is 1.50. The molecule has 7 nitrogen and oxygen atoms in total. The van der Waals surface area contributed by atoms with Gasteiger partial charge in [0.05, 0.1) is 0 Å². The number of hydrogen-bond acceptors (Lipinski definition) is 3. The minimum atomic E-state index is -0.841. The molecule has 2 heterocycles. The number of carbonyl (C=O) groups is 2. The molecule has 2 N–H and O–H groups in total. The molecule has 150 valence electrons. The van der Waals surface area contributed by atoms with Gasteiger partial charge in [0.25, 0.3) is 0 Å². The van der Waals surface area contributed by atoms with Gasteiger partial charge < -0.3 is 15.3 Å². The van der Waals surface area contributed by atoms with Crippen molar-refractivity contribution in [2.24, 2.45) is 5.92 Å². The lowest BCUT2D eigenvalue weighted by Gasteiger charge is -2.33. The van der Waals surface area contributed by atoms with E-state index >= 15 is 0 Å². The molecule has 1 aliphatic rings. The lowest BCUT2D eigenvalue weighted by atomic mass is 9.97. The molecule has 2 amide bonds. The van der Waals surface area contributed by atoms with Crippen LogP contribution in [0.2, 0.25) is 0 Å². The van der Waals surface area contributed by atoms with Gasteiger partial charge in [-0.3, -0.25) is 9.48 Å². The molecule has 0 saturated carbocycles. The Labute approximate surface area is 165 Å². The Kier molecular flexibility index (Phi) is 7.06. The van der Waals surface area contributed by atoms with Gasteiger partial charge in [0.15, 0.2) is 0 Å². The van der Waals surface area contributed by atoms with E-state index in [2.05, 4.69) is 10.4 Å². The average Bonchev–Trinajstić information content (AvgIpc) is 3.20. The Hall–Kier alpha value is -2.83. The van der Waals surface area contributed by atoms with Crippen LogP contribution in [0, 0.1) is 5.92 Å². The number of piperidine rings is 1. The predicted octanol–water partition coefficient (Wildman–Crippen LogP) is 2.78. The lowest BCUT2D eigenvalue weighted by molar-refractivity contribution is -0.137. The first-order valence-electron chi connectivity index (χ1n) is 9.88. The van der Waals surface area contributed by atoms with Crippen molar-refractivity contribution in [3.63, 3.8) is 0 Å². The zero-order chi connectivity index (χ0) is 19.8. The van der Waals surface area contributed by atoms with Crippen LogP contribution in [0.4, 0.5) is 4.79 Å². The molecule has 1 unspecified atom stereocenters. The van der Waals surface area contributed by atoms with Gasteiger partial charge >= 0.3 is 12.0 Å². The number of aromatic nitrogens is 2. The fraction of sp³-hybridized carbons (Fsp3) is 0.476. The number of rotatable bonds is 8. The van der Waals surface area contributed by atoms with Crippen molar-refractivity contribution in [1.82, 2.24) is 20.0 Å². The Morgan fingerprint density at radius 2 is 1.93 bits per heavy atom. The van der Waals surface area contributed by atoms with Crippen LogP contribution in [0.25, 0.3) is 0 Å². The number of aliphatic carboxylic acids is 1. The smallest absolute Gasteiger partial charge is 0.317 e. The number of nitrogens with zero attached hydrogens (tertiary/aromatic N) is 3. The molecule has 0 radical (unpaired) electrons. The van der Waals surface area contributed by atoms with Crippen molar-refractivity contribution >= 4 is 12.0 Å². The number of carboxylic acid groups (broad SMARTS) is 1. The highest BCUT2D eigenvalue weighted by molar-refractivity contribution is 5.74. The van der Waals surface area contributed by atoms with E-state index in [1.807, 2.05) is 52.2 Å². The number of urea groups is 1. The summed E-state index contributed by atoms with van der Waals surface area (Å²) in [5.74, 6) is -0.317. The summed E-state index contributed by atoms with van der Waals surface area (Å²) in [6, 6.07) is 11.5. The number of carbonyl (C=O) groups excluding carboxylic acids is 1. The summed E-state index contributed by atoms with van der Waals surface area (Å²) in [5.41, 5.74) is 1.09. The van der Waals surface area contributed by atoms with Crippen LogP contribution in [0.1, 0.15) is 31.2 Å². The number of hydrogen-bond donors (Lipinski definition) is 2. The van der Waals surface area contributed by atoms with Gasteiger partial charge in [-0.1, -0.05) is 30.3 Å². The topological polar surface area (TPSA) is 87.5 Å². The summed E-state index contributed by atoms with van der Waals surface area (Å²) in [6.45, 7) is 2.32. The molecular weight excluding hydrogens is 356 g/mol. The third kappa shape index (κ3) is 6.11. The van der Waals surface area contributed by atoms with Gasteiger partial charge in [-0.25, -0.2) is 4.79 Å². The second-order valence-corrected chi connectivity index (χ2v) is 7.43. The molecule has 1 aliphatic heterocycles. The summed E-state index contributed by atoms with van der Waals surface area (Å²) in [6.07, 6.45) is 6.75. The molecule has 2 aromatic rings. The number of likely N-dealkylation sites (tertiary alicyclic amines) is 1. The fourth-order valence-corrected chi connectivity index (χ4v) is 3.68. The van der Waals surface area contributed by atoms with E-state index in [1.165, 1.54) is 0 Å². The minimum Gasteiger partial charge on any atom is -0.481 e. The van der Waals surface area contributed by atoms with Crippen LogP contribution in [0.15, 0.2) is 48.8 Å². The average molecular weight is 384 g/mol. The SMILES string of the molecule is O=C(O)CCC(Cc1ccccc1)NC(=O)N1CCC(Cn2cccn2)CC1. The molecule has 1 fully saturated rings. The monoisotopic (exact) mass is 384 g/mol. The van der Waals surface area contributed by atoms with Crippen LogP contribution >= 0.6 is 0 Å². The van der Waals surface area contributed by atoms with E-state index in [4.69, 9.17) is 5.11 Å². The third-order valence-corrected chi connectivity index (χ3v) is 5.27. The summed E-state index contributed by atoms with van der Waals surface area (Å²) >= 11 is 0. The highest BCUT2D eigenvalue weighted by Gasteiger charge is 2.25. The number of nitrogens with one attached hydrogen (secondary N) is 1. The van der Waals surface area contributed by atoms with Crippen molar-refractivity contribution < 1.29 is 14.7 Å². The van der Waals surface area contributed by atoms with Crippen molar-refractivity contribution in [3.8, 4) is 0 Å². The van der Waals surface area contributed by atoms with Crippen molar-refractivity contribution in [3.05, 3.63) is 54.4 Å². The van der Waals surface area contributed by atoms with E-state index < -0.39 is 5.97 Å². The van der Waals surface area contributed by atoms with Crippen molar-refractivity contribution in [1.29, 1.82) is 0 Å². The first-order chi connectivity index (χ1) is 13.6. The first-order valence-corrected chi connectivity index (χ1v) is 9.88. The van der Waals surface area contributed by atoms with E-state index in [1.54, 1.807) is 6.20 Å². The van der Waals surface area contributed by atoms with Gasteiger partial charge in [0.1, 0.15) is 0 Å². The fourth-order valence-electron chi connectivity index (χ4n) is 3.68. The molecule has 1 aromatic heterocycles. The van der Waals surface area contributed by atoms with E-state index in [0.29, 0.717) is 18.8 Å². The molecular formula is C21H28N4O3. The van der Waals surface area contributed by atoms with Crippen molar-refractivity contribution in [2.45, 2.75) is 44.7 Å². The molecule has 1 atom stereocenters. The summed E-state index contributed by atoms with van der Waals surface area (Å²) in [7, 11) is 0. The molecule has 0 bridgehead atoms. The van der Waals surface area contributed by atoms with Crippen LogP contribution in [0.5, 0.6) is 0 Å². The van der Waals surface area contributed by atoms with E-state index in [9.17, 15) is 9.59 Å². The van der Waals surface area contributed by atoms with Crippen LogP contribution in [-0.2, 0) is 17.8 Å². The van der Waals surface area contributed by atoms with E-state index in [0.717, 1.165) is 38.0 Å². The molecule has 28 heavy (non-hydrogen) atoms. The summed E-state index contributed by atoms with van der Waals surface area (Å²) in [5, 5.41) is 16.3. The number of amides is 2. The third-order valence-electron chi connectivity index (χ3n) is 5.27. The molecule has 0 aliphatic carbocycles. The maximum atomic E-state index is 12.7. The van der Waals surface area contributed by atoms with Crippen molar-refractivity contribution in [2.75, 3.05) is 13.1 Å². The van der Waals surface area contributed by atoms with Crippen LogP contribution in [0.3, 0.4) is 0 Å². The lowest BCUT2D eigenvalue weighted by Crippen LogP contribution is -2.48. The Morgan fingerprint density at radius 3 is 2.57 bits per heavy atom. The molecule has 1 aromatic carbocycles. The first kappa shape index (κ1) is 19.9. The van der Waals surface area contributed by atoms with E-state index in [-0.39, 0.29) is 18.5 Å². The van der Waals surface area contributed by atoms with Gasteiger partial charge in [0.2, 0.25) is 0 Å². The molecule has 1 saturated heterocycles. The zero-order valence-corrected chi connectivity index (χ0v) is 16.0.